The van der Waals surface area contributed by atoms with Crippen LogP contribution in [0.3, 0.4) is 0 Å². The number of carbonyl (C=O) groups is 3. The Hall–Kier alpha value is -2.37. The van der Waals surface area contributed by atoms with E-state index in [1.807, 2.05) is 0 Å². The van der Waals surface area contributed by atoms with Gasteiger partial charge in [-0.2, -0.15) is 0 Å². The van der Waals surface area contributed by atoms with Crippen LogP contribution in [0.25, 0.3) is 0 Å². The first-order valence-electron chi connectivity index (χ1n) is 6.65. The predicted molar refractivity (Wildman–Crippen MR) is 77.8 cm³/mol. The van der Waals surface area contributed by atoms with E-state index in [2.05, 4.69) is 5.32 Å². The van der Waals surface area contributed by atoms with Gasteiger partial charge >= 0.3 is 5.97 Å². The van der Waals surface area contributed by atoms with Crippen LogP contribution in [0.2, 0.25) is 0 Å². The monoisotopic (exact) mass is 292 g/mol. The third-order valence-corrected chi connectivity index (χ3v) is 3.00. The first-order chi connectivity index (χ1) is 9.82. The minimum atomic E-state index is -1.09. The molecule has 1 aromatic carbocycles. The van der Waals surface area contributed by atoms with E-state index in [9.17, 15) is 14.4 Å². The number of hydrogen-bond acceptors (Lipinski definition) is 3. The van der Waals surface area contributed by atoms with Crippen LogP contribution in [0.15, 0.2) is 30.3 Å². The number of likely N-dealkylation sites (N-methyl/N-ethyl adjacent to an activating group) is 1. The van der Waals surface area contributed by atoms with Crippen LogP contribution in [0.1, 0.15) is 24.2 Å². The van der Waals surface area contributed by atoms with Crippen LogP contribution in [-0.2, 0) is 9.59 Å². The Bertz CT molecular complexity index is 514. The van der Waals surface area contributed by atoms with Crippen LogP contribution in [0.5, 0.6) is 0 Å². The molecule has 0 saturated carbocycles. The molecule has 0 radical (unpaired) electrons. The second-order valence-electron chi connectivity index (χ2n) is 5.15. The molecule has 0 saturated heterocycles. The zero-order valence-corrected chi connectivity index (χ0v) is 12.4. The third-order valence-electron chi connectivity index (χ3n) is 3.00. The smallest absolute Gasteiger partial charge is 0.326 e. The van der Waals surface area contributed by atoms with Crippen molar-refractivity contribution in [2.75, 3.05) is 13.6 Å². The molecule has 21 heavy (non-hydrogen) atoms. The van der Waals surface area contributed by atoms with Crippen LogP contribution < -0.4 is 5.32 Å². The molecule has 6 nitrogen and oxygen atoms in total. The number of rotatable bonds is 6. The molecule has 2 amide bonds. The van der Waals surface area contributed by atoms with E-state index in [4.69, 9.17) is 5.11 Å². The fraction of sp³-hybridized carbons (Fsp3) is 0.400. The number of hydrogen-bond donors (Lipinski definition) is 2. The molecule has 1 atom stereocenters. The van der Waals surface area contributed by atoms with Crippen molar-refractivity contribution >= 4 is 17.8 Å². The molecule has 0 aliphatic heterocycles. The van der Waals surface area contributed by atoms with E-state index in [-0.39, 0.29) is 18.4 Å². The number of nitrogens with one attached hydrogen (secondary N) is 1. The summed E-state index contributed by atoms with van der Waals surface area (Å²) in [5, 5.41) is 11.4. The highest BCUT2D eigenvalue weighted by molar-refractivity contribution is 5.96. The molecule has 0 bridgehead atoms. The zero-order chi connectivity index (χ0) is 16.0. The zero-order valence-electron chi connectivity index (χ0n) is 12.4. The van der Waals surface area contributed by atoms with Gasteiger partial charge in [0.05, 0.1) is 6.54 Å². The number of nitrogens with zero attached hydrogens (tertiary/aromatic N) is 1. The normalized spacial score (nSPS) is 11.8. The van der Waals surface area contributed by atoms with E-state index in [0.717, 1.165) is 0 Å². The topological polar surface area (TPSA) is 86.7 Å². The summed E-state index contributed by atoms with van der Waals surface area (Å²) in [6.07, 6.45) is 0. The maximum atomic E-state index is 12.1. The molecular weight excluding hydrogens is 272 g/mol. The summed E-state index contributed by atoms with van der Waals surface area (Å²) >= 11 is 0. The van der Waals surface area contributed by atoms with Gasteiger partial charge in [0.1, 0.15) is 6.04 Å². The van der Waals surface area contributed by atoms with Crippen molar-refractivity contribution in [1.82, 2.24) is 10.2 Å². The summed E-state index contributed by atoms with van der Waals surface area (Å²) in [5.41, 5.74) is 0.478. The molecule has 0 fully saturated rings. The number of carboxylic acids is 1. The standard InChI is InChI=1S/C15H20N2O4/c1-10(2)13(15(20)21)16-12(18)9-17(3)14(19)11-7-5-4-6-8-11/h4-8,10,13H,9H2,1-3H3,(H,16,18)(H,20,21)/t13-/m1/s1. The minimum Gasteiger partial charge on any atom is -0.480 e. The Morgan fingerprint density at radius 1 is 1.19 bits per heavy atom. The lowest BCUT2D eigenvalue weighted by Crippen LogP contribution is -2.48. The third kappa shape index (κ3) is 4.91. The Morgan fingerprint density at radius 2 is 1.76 bits per heavy atom. The number of carboxylic acid groups (broad SMARTS) is 1. The van der Waals surface area contributed by atoms with Gasteiger partial charge in [-0.25, -0.2) is 4.79 Å². The lowest BCUT2D eigenvalue weighted by Gasteiger charge is -2.21. The van der Waals surface area contributed by atoms with Crippen molar-refractivity contribution in [3.63, 3.8) is 0 Å². The van der Waals surface area contributed by atoms with Crippen molar-refractivity contribution in [2.24, 2.45) is 5.92 Å². The maximum absolute atomic E-state index is 12.1. The lowest BCUT2D eigenvalue weighted by atomic mass is 10.0. The molecule has 1 aromatic rings. The van der Waals surface area contributed by atoms with E-state index in [1.54, 1.807) is 44.2 Å². The highest BCUT2D eigenvalue weighted by Gasteiger charge is 2.24. The molecule has 1 rings (SSSR count). The molecule has 2 N–H and O–H groups in total. The molecule has 114 valence electrons. The minimum absolute atomic E-state index is 0.190. The molecule has 6 heteroatoms. The molecule has 0 spiro atoms. The second-order valence-corrected chi connectivity index (χ2v) is 5.15. The van der Waals surface area contributed by atoms with Crippen LogP contribution in [0.4, 0.5) is 0 Å². The number of aliphatic carboxylic acids is 1. The summed E-state index contributed by atoms with van der Waals surface area (Å²) < 4.78 is 0. The number of carbonyl (C=O) groups excluding carboxylic acids is 2. The fourth-order valence-electron chi connectivity index (χ4n) is 1.82. The van der Waals surface area contributed by atoms with Gasteiger partial charge in [0.25, 0.3) is 5.91 Å². The van der Waals surface area contributed by atoms with Gasteiger partial charge in [-0.1, -0.05) is 32.0 Å². The fourth-order valence-corrected chi connectivity index (χ4v) is 1.82. The summed E-state index contributed by atoms with van der Waals surface area (Å²) in [7, 11) is 1.50. The highest BCUT2D eigenvalue weighted by Crippen LogP contribution is 2.04. The van der Waals surface area contributed by atoms with E-state index in [1.165, 1.54) is 11.9 Å². The van der Waals surface area contributed by atoms with E-state index >= 15 is 0 Å². The van der Waals surface area contributed by atoms with Crippen LogP contribution in [-0.4, -0.2) is 47.4 Å². The molecule has 0 aromatic heterocycles. The van der Waals surface area contributed by atoms with Crippen molar-refractivity contribution in [3.05, 3.63) is 35.9 Å². The van der Waals surface area contributed by atoms with Gasteiger partial charge in [0, 0.05) is 12.6 Å². The lowest BCUT2D eigenvalue weighted by molar-refractivity contribution is -0.143. The molecule has 0 aliphatic carbocycles. The first kappa shape index (κ1) is 16.7. The van der Waals surface area contributed by atoms with Gasteiger partial charge in [-0.05, 0) is 18.1 Å². The van der Waals surface area contributed by atoms with Gasteiger partial charge in [0.2, 0.25) is 5.91 Å². The Balaban J connectivity index is 2.62. The summed E-state index contributed by atoms with van der Waals surface area (Å²) in [4.78, 5) is 36.2. The Kier molecular flexibility index (Phi) is 5.90. The van der Waals surface area contributed by atoms with Crippen LogP contribution >= 0.6 is 0 Å². The molecule has 0 unspecified atom stereocenters. The van der Waals surface area contributed by atoms with Crippen molar-refractivity contribution in [1.29, 1.82) is 0 Å². The van der Waals surface area contributed by atoms with Gasteiger partial charge in [-0.15, -0.1) is 0 Å². The van der Waals surface area contributed by atoms with Crippen molar-refractivity contribution < 1.29 is 19.5 Å². The summed E-state index contributed by atoms with van der Waals surface area (Å²) in [6.45, 7) is 3.22. The largest absolute Gasteiger partial charge is 0.480 e. The Labute approximate surface area is 123 Å². The second kappa shape index (κ2) is 7.42. The predicted octanol–water partition coefficient (Wildman–Crippen LogP) is 0.984. The van der Waals surface area contributed by atoms with Crippen molar-refractivity contribution in [2.45, 2.75) is 19.9 Å². The molecule has 0 aliphatic rings. The summed E-state index contributed by atoms with van der Waals surface area (Å²) in [6, 6.07) is 7.62. The number of benzene rings is 1. The van der Waals surface area contributed by atoms with Gasteiger partial charge < -0.3 is 15.3 Å². The van der Waals surface area contributed by atoms with Crippen LogP contribution in [0, 0.1) is 5.92 Å². The van der Waals surface area contributed by atoms with E-state index in [0.29, 0.717) is 5.56 Å². The Morgan fingerprint density at radius 3 is 2.24 bits per heavy atom. The summed E-state index contributed by atoms with van der Waals surface area (Å²) in [5.74, 6) is -2.11. The maximum Gasteiger partial charge on any atom is 0.326 e. The van der Waals surface area contributed by atoms with Crippen molar-refractivity contribution in [3.8, 4) is 0 Å². The molecule has 0 heterocycles. The average molecular weight is 292 g/mol. The van der Waals surface area contributed by atoms with Gasteiger partial charge in [0.15, 0.2) is 0 Å². The highest BCUT2D eigenvalue weighted by atomic mass is 16.4. The van der Waals surface area contributed by atoms with E-state index < -0.39 is 17.9 Å². The SMILES string of the molecule is CC(C)[C@@H](NC(=O)CN(C)C(=O)c1ccccc1)C(=O)O. The average Bonchev–Trinajstić information content (AvgIpc) is 2.44. The first-order valence-corrected chi connectivity index (χ1v) is 6.65. The number of amides is 2. The quantitative estimate of drug-likeness (QED) is 0.818. The molecular formula is C15H20N2O4. The van der Waals surface area contributed by atoms with Gasteiger partial charge in [-0.3, -0.25) is 9.59 Å².